The highest BCUT2D eigenvalue weighted by Crippen LogP contribution is 1.83. The molecule has 0 aromatic heterocycles. The molecule has 0 aliphatic rings. The van der Waals surface area contributed by atoms with Crippen molar-refractivity contribution in [2.24, 2.45) is 0 Å². The predicted molar refractivity (Wildman–Crippen MR) is 31.6 cm³/mol. The van der Waals surface area contributed by atoms with Gasteiger partial charge in [-0.2, -0.15) is 0 Å². The third-order valence-electron chi connectivity index (χ3n) is 0.753. The number of hydrogen-bond acceptors (Lipinski definition) is 3. The summed E-state index contributed by atoms with van der Waals surface area (Å²) in [5, 5.41) is 0. The zero-order valence-corrected chi connectivity index (χ0v) is 5.51. The SMILES string of the molecule is COCOB(C)OC. The smallest absolute Gasteiger partial charge is 0.414 e. The Labute approximate surface area is 50.1 Å². The van der Waals surface area contributed by atoms with E-state index < -0.39 is 0 Å². The van der Waals surface area contributed by atoms with E-state index in [0.717, 1.165) is 0 Å². The first-order valence-corrected chi connectivity index (χ1v) is 2.44. The molecule has 8 heavy (non-hydrogen) atoms. The second kappa shape index (κ2) is 5.09. The monoisotopic (exact) mass is 118 g/mol. The van der Waals surface area contributed by atoms with Crippen LogP contribution in [-0.2, 0) is 14.0 Å². The van der Waals surface area contributed by atoms with Gasteiger partial charge in [-0.1, -0.05) is 0 Å². The highest BCUT2D eigenvalue weighted by Gasteiger charge is 2.04. The fourth-order valence-electron chi connectivity index (χ4n) is 0.232. The molecule has 0 fully saturated rings. The van der Waals surface area contributed by atoms with Crippen molar-refractivity contribution < 1.29 is 14.0 Å². The van der Waals surface area contributed by atoms with E-state index >= 15 is 0 Å². The normalized spacial score (nSPS) is 9.38. The predicted octanol–water partition coefficient (Wildman–Crippen LogP) is 0.371. The van der Waals surface area contributed by atoms with Crippen LogP contribution in [0.3, 0.4) is 0 Å². The number of ether oxygens (including phenoxy) is 1. The Kier molecular flexibility index (Phi) is 5.05. The molecule has 0 unspecified atom stereocenters. The van der Waals surface area contributed by atoms with Crippen LogP contribution in [0, 0.1) is 0 Å². The molecule has 0 rings (SSSR count). The quantitative estimate of drug-likeness (QED) is 0.394. The zero-order valence-electron chi connectivity index (χ0n) is 5.51. The fraction of sp³-hybridized carbons (Fsp3) is 1.00. The summed E-state index contributed by atoms with van der Waals surface area (Å²) in [7, 11) is 2.98. The van der Waals surface area contributed by atoms with Gasteiger partial charge < -0.3 is 14.0 Å². The van der Waals surface area contributed by atoms with Gasteiger partial charge in [0.15, 0.2) is 0 Å². The Hall–Kier alpha value is -0.0551. The standard InChI is InChI=1S/C4H11BO3/c1-5(7-3)8-4-6-2/h4H2,1-3H3. The van der Waals surface area contributed by atoms with Gasteiger partial charge >= 0.3 is 7.12 Å². The Bertz CT molecular complexity index is 50.5. The van der Waals surface area contributed by atoms with Crippen LogP contribution in [0.1, 0.15) is 0 Å². The molecule has 0 heterocycles. The maximum Gasteiger partial charge on any atom is 0.454 e. The molecule has 0 amide bonds. The minimum Gasteiger partial charge on any atom is -0.414 e. The molecule has 0 saturated carbocycles. The van der Waals surface area contributed by atoms with E-state index in [4.69, 9.17) is 9.31 Å². The van der Waals surface area contributed by atoms with Crippen LogP contribution in [0.25, 0.3) is 0 Å². The van der Waals surface area contributed by atoms with Crippen LogP contribution in [0.2, 0.25) is 6.82 Å². The summed E-state index contributed by atoms with van der Waals surface area (Å²) in [5.41, 5.74) is 0. The van der Waals surface area contributed by atoms with E-state index in [1.807, 2.05) is 0 Å². The molecule has 0 spiro atoms. The lowest BCUT2D eigenvalue weighted by atomic mass is 9.96. The second-order valence-electron chi connectivity index (χ2n) is 1.38. The van der Waals surface area contributed by atoms with Crippen molar-refractivity contribution in [2.45, 2.75) is 6.82 Å². The van der Waals surface area contributed by atoms with Gasteiger partial charge in [0.1, 0.15) is 6.79 Å². The molecule has 48 valence electrons. The number of rotatable bonds is 4. The first kappa shape index (κ1) is 7.94. The molecular weight excluding hydrogens is 107 g/mol. The van der Waals surface area contributed by atoms with E-state index in [1.165, 1.54) is 0 Å². The van der Waals surface area contributed by atoms with E-state index in [2.05, 4.69) is 4.74 Å². The highest BCUT2D eigenvalue weighted by atomic mass is 16.7. The lowest BCUT2D eigenvalue weighted by Crippen LogP contribution is -2.17. The third kappa shape index (κ3) is 4.11. The van der Waals surface area contributed by atoms with E-state index in [-0.39, 0.29) is 13.9 Å². The maximum absolute atomic E-state index is 4.90. The molecular formula is C4H11BO3. The van der Waals surface area contributed by atoms with Gasteiger partial charge in [-0.25, -0.2) is 0 Å². The van der Waals surface area contributed by atoms with Gasteiger partial charge in [-0.3, -0.25) is 0 Å². The van der Waals surface area contributed by atoms with Crippen molar-refractivity contribution in [3.05, 3.63) is 0 Å². The molecule has 0 N–H and O–H groups in total. The van der Waals surface area contributed by atoms with Crippen molar-refractivity contribution >= 4 is 7.12 Å². The Balaban J connectivity index is 2.86. The third-order valence-corrected chi connectivity index (χ3v) is 0.753. The Morgan fingerprint density at radius 1 is 1.38 bits per heavy atom. The van der Waals surface area contributed by atoms with Gasteiger partial charge in [0.2, 0.25) is 0 Å². The van der Waals surface area contributed by atoms with Crippen molar-refractivity contribution in [2.75, 3.05) is 21.0 Å². The lowest BCUT2D eigenvalue weighted by molar-refractivity contribution is 0.0339. The minimum absolute atomic E-state index is 0.171. The summed E-state index contributed by atoms with van der Waals surface area (Å²) in [6, 6.07) is 0. The van der Waals surface area contributed by atoms with E-state index in [0.29, 0.717) is 0 Å². The van der Waals surface area contributed by atoms with Crippen molar-refractivity contribution in [1.82, 2.24) is 0 Å². The second-order valence-corrected chi connectivity index (χ2v) is 1.38. The molecule has 0 radical (unpaired) electrons. The summed E-state index contributed by atoms with van der Waals surface area (Å²) in [5.74, 6) is 0. The topological polar surface area (TPSA) is 27.7 Å². The highest BCUT2D eigenvalue weighted by molar-refractivity contribution is 6.42. The summed E-state index contributed by atoms with van der Waals surface area (Å²) in [6.07, 6.45) is 0. The van der Waals surface area contributed by atoms with Crippen LogP contribution in [0.15, 0.2) is 0 Å². The maximum atomic E-state index is 4.90. The van der Waals surface area contributed by atoms with Gasteiger partial charge in [0.05, 0.1) is 0 Å². The summed E-state index contributed by atoms with van der Waals surface area (Å²) in [6.45, 7) is 2.09. The van der Waals surface area contributed by atoms with Crippen LogP contribution < -0.4 is 0 Å². The van der Waals surface area contributed by atoms with Crippen molar-refractivity contribution in [3.63, 3.8) is 0 Å². The molecule has 0 aromatic carbocycles. The Morgan fingerprint density at radius 2 is 2.00 bits per heavy atom. The summed E-state index contributed by atoms with van der Waals surface area (Å²) < 4.78 is 14.3. The van der Waals surface area contributed by atoms with E-state index in [1.54, 1.807) is 21.0 Å². The van der Waals surface area contributed by atoms with Crippen LogP contribution in [-0.4, -0.2) is 28.1 Å². The van der Waals surface area contributed by atoms with Crippen LogP contribution in [0.5, 0.6) is 0 Å². The average molecular weight is 118 g/mol. The van der Waals surface area contributed by atoms with Crippen molar-refractivity contribution in [3.8, 4) is 0 Å². The van der Waals surface area contributed by atoms with Gasteiger partial charge in [0, 0.05) is 14.2 Å². The summed E-state index contributed by atoms with van der Waals surface area (Å²) in [4.78, 5) is 0. The Morgan fingerprint density at radius 3 is 2.38 bits per heavy atom. The number of hydrogen-bond donors (Lipinski definition) is 0. The number of methoxy groups -OCH3 is 1. The minimum atomic E-state index is -0.171. The summed E-state index contributed by atoms with van der Waals surface area (Å²) >= 11 is 0. The molecule has 0 aliphatic heterocycles. The average Bonchev–Trinajstić information content (AvgIpc) is 1.83. The molecule has 0 aliphatic carbocycles. The largest absolute Gasteiger partial charge is 0.454 e. The molecule has 0 aromatic rings. The van der Waals surface area contributed by atoms with Crippen molar-refractivity contribution in [1.29, 1.82) is 0 Å². The zero-order chi connectivity index (χ0) is 6.41. The van der Waals surface area contributed by atoms with Gasteiger partial charge in [-0.05, 0) is 6.82 Å². The molecule has 3 nitrogen and oxygen atoms in total. The molecule has 0 atom stereocenters. The first-order valence-electron chi connectivity index (χ1n) is 2.44. The van der Waals surface area contributed by atoms with Gasteiger partial charge in [0.25, 0.3) is 0 Å². The van der Waals surface area contributed by atoms with E-state index in [9.17, 15) is 0 Å². The molecule has 0 saturated heterocycles. The fourth-order valence-corrected chi connectivity index (χ4v) is 0.232. The first-order chi connectivity index (χ1) is 3.81. The molecule has 0 bridgehead atoms. The lowest BCUT2D eigenvalue weighted by Gasteiger charge is -2.04. The van der Waals surface area contributed by atoms with Crippen LogP contribution >= 0.6 is 0 Å². The molecule has 4 heteroatoms. The van der Waals surface area contributed by atoms with Crippen LogP contribution in [0.4, 0.5) is 0 Å². The van der Waals surface area contributed by atoms with Gasteiger partial charge in [-0.15, -0.1) is 0 Å².